The number of aromatic hydroxyl groups is 1. The number of amides is 3. The van der Waals surface area contributed by atoms with E-state index in [-0.39, 0.29) is 69.9 Å². The topological polar surface area (TPSA) is 304 Å². The van der Waals surface area contributed by atoms with Crippen LogP contribution in [0.25, 0.3) is 44.2 Å². The number of nitrogens with one attached hydrogen (secondary N) is 1. The molecule has 3 amide bonds. The monoisotopic (exact) mass is 938 g/mol. The molecule has 6 aromatic heterocycles. The number of carbonyl (C=O) groups excluding carboxylic acids is 3. The van der Waals surface area contributed by atoms with E-state index in [1.807, 2.05) is 18.4 Å². The first kappa shape index (κ1) is 43.6. The maximum atomic E-state index is 13.7. The molecule has 326 valence electrons. The lowest BCUT2D eigenvalue weighted by Crippen LogP contribution is -2.43. The molecular formula is C41H34N10O9S4. The first-order valence-electron chi connectivity index (χ1n) is 19.0. The summed E-state index contributed by atoms with van der Waals surface area (Å²) in [7, 11) is 0. The zero-order chi connectivity index (χ0) is 45.4. The summed E-state index contributed by atoms with van der Waals surface area (Å²) >= 11 is 4.68. The Morgan fingerprint density at radius 3 is 2.22 bits per heavy atom. The number of pyridine rings is 1. The molecule has 8 N–H and O–H groups in total. The SMILES string of the molecule is Cc1oc(-c2ccc(-c3nc(C(=O)O)cs3)nc2-c2csc(-c3csc(C4C(C)C=CN4C(=O)C(N)Cc4ccc(O)cc4)n3)n2)nc1C(=O)NC(CC(N)=O)c1nc(C(=O)O)cs1. The van der Waals surface area contributed by atoms with E-state index >= 15 is 0 Å². The van der Waals surface area contributed by atoms with E-state index in [0.717, 1.165) is 28.2 Å². The molecule has 1 aliphatic heterocycles. The second kappa shape index (κ2) is 18.0. The van der Waals surface area contributed by atoms with Crippen LogP contribution < -0.4 is 16.8 Å². The molecule has 4 atom stereocenters. The van der Waals surface area contributed by atoms with Crippen molar-refractivity contribution in [2.75, 3.05) is 0 Å². The van der Waals surface area contributed by atoms with Crippen LogP contribution in [0.4, 0.5) is 0 Å². The van der Waals surface area contributed by atoms with Gasteiger partial charge in [0.2, 0.25) is 17.7 Å². The molecule has 4 unspecified atom stereocenters. The standard InChI is InChI=1S/C41H34N10O9S4/c1-17-9-10-51(39(55)22(42)11-19-3-5-20(52)6-4-19)32(17)38-47-26(14-64-38)37-46-25(13-61-37)31-21(7-8-23(44-31)35-48-27(15-62-35)40(56)57)34-50-30(18(2)60-34)33(54)45-24(12-29(43)53)36-49-28(16-63-36)41(58)59/h3-10,13-17,22,24,32,52H,11-12,42H2,1-2H3,(H2,43,53)(H,45,54)(H,56,57)(H,58,59). The minimum absolute atomic E-state index is 0.0162. The highest BCUT2D eigenvalue weighted by Gasteiger charge is 2.36. The number of carboxylic acids is 2. The molecule has 1 aromatic carbocycles. The quantitative estimate of drug-likeness (QED) is 0.0695. The highest BCUT2D eigenvalue weighted by Crippen LogP contribution is 2.41. The van der Waals surface area contributed by atoms with Crippen LogP contribution in [0.3, 0.4) is 0 Å². The summed E-state index contributed by atoms with van der Waals surface area (Å²) in [5.41, 5.74) is 13.9. The lowest BCUT2D eigenvalue weighted by molar-refractivity contribution is -0.132. The van der Waals surface area contributed by atoms with Crippen molar-refractivity contribution in [3.63, 3.8) is 0 Å². The molecule has 0 bridgehead atoms. The number of thiazole rings is 4. The smallest absolute Gasteiger partial charge is 0.355 e. The summed E-state index contributed by atoms with van der Waals surface area (Å²) in [6.07, 6.45) is 3.57. The fourth-order valence-electron chi connectivity index (χ4n) is 6.75. The normalized spacial score (nSPS) is 15.6. The number of aryl methyl sites for hydroxylation is 1. The summed E-state index contributed by atoms with van der Waals surface area (Å²) < 4.78 is 6.04. The molecule has 7 heterocycles. The molecule has 0 radical (unpaired) electrons. The van der Waals surface area contributed by atoms with Crippen LogP contribution in [0.1, 0.15) is 78.2 Å². The molecule has 1 aliphatic rings. The van der Waals surface area contributed by atoms with Crippen molar-refractivity contribution in [2.24, 2.45) is 17.4 Å². The Morgan fingerprint density at radius 2 is 1.52 bits per heavy atom. The van der Waals surface area contributed by atoms with E-state index in [1.165, 1.54) is 40.4 Å². The lowest BCUT2D eigenvalue weighted by atomic mass is 10.0. The van der Waals surface area contributed by atoms with Gasteiger partial charge in [0.1, 0.15) is 48.6 Å². The fourth-order valence-corrected chi connectivity index (χ4v) is 10.2. The van der Waals surface area contributed by atoms with Gasteiger partial charge in [0.05, 0.1) is 35.8 Å². The number of hydrogen-bond acceptors (Lipinski definition) is 18. The number of oxazole rings is 1. The highest BCUT2D eigenvalue weighted by atomic mass is 32.1. The molecule has 0 aliphatic carbocycles. The number of aromatic nitrogens is 6. The van der Waals surface area contributed by atoms with E-state index in [1.54, 1.807) is 52.9 Å². The second-order valence-electron chi connectivity index (χ2n) is 14.4. The highest BCUT2D eigenvalue weighted by molar-refractivity contribution is 7.14. The Labute approximate surface area is 377 Å². The van der Waals surface area contributed by atoms with Crippen LogP contribution in [0.5, 0.6) is 5.75 Å². The predicted molar refractivity (Wildman–Crippen MR) is 236 cm³/mol. The number of benzene rings is 1. The largest absolute Gasteiger partial charge is 0.508 e. The number of aromatic carboxylic acids is 2. The Bertz CT molecular complexity index is 2970. The summed E-state index contributed by atoms with van der Waals surface area (Å²) in [4.78, 5) is 91.4. The van der Waals surface area contributed by atoms with E-state index in [2.05, 4.69) is 20.3 Å². The van der Waals surface area contributed by atoms with Crippen molar-refractivity contribution in [1.29, 1.82) is 0 Å². The number of phenols is 1. The van der Waals surface area contributed by atoms with Gasteiger partial charge in [0.15, 0.2) is 17.1 Å². The van der Waals surface area contributed by atoms with Crippen LogP contribution in [-0.2, 0) is 16.0 Å². The number of phenolic OH excluding ortho intramolecular Hbond substituents is 1. The number of hydrogen-bond donors (Lipinski definition) is 6. The van der Waals surface area contributed by atoms with Crippen molar-refractivity contribution in [3.05, 3.63) is 109 Å². The maximum absolute atomic E-state index is 13.7. The second-order valence-corrected chi connectivity index (χ2v) is 17.9. The van der Waals surface area contributed by atoms with Gasteiger partial charge in [-0.15, -0.1) is 45.3 Å². The third kappa shape index (κ3) is 9.05. The van der Waals surface area contributed by atoms with Crippen molar-refractivity contribution >= 4 is 75.0 Å². The summed E-state index contributed by atoms with van der Waals surface area (Å²) in [5, 5.41) is 39.1. The van der Waals surface area contributed by atoms with Gasteiger partial charge in [0.25, 0.3) is 5.91 Å². The Hall–Kier alpha value is -7.05. The average Bonchev–Trinajstić information content (AvgIpc) is 4.12. The van der Waals surface area contributed by atoms with Gasteiger partial charge in [-0.1, -0.05) is 25.1 Å². The molecular weight excluding hydrogens is 905 g/mol. The molecule has 0 saturated heterocycles. The number of primary amides is 1. The Kier molecular flexibility index (Phi) is 12.2. The summed E-state index contributed by atoms with van der Waals surface area (Å²) in [6.45, 7) is 3.51. The van der Waals surface area contributed by atoms with Gasteiger partial charge in [-0.3, -0.25) is 14.4 Å². The molecule has 0 spiro atoms. The average molecular weight is 939 g/mol. The summed E-state index contributed by atoms with van der Waals surface area (Å²) in [5.74, 6) is -4.12. The van der Waals surface area contributed by atoms with Crippen LogP contribution in [0.2, 0.25) is 0 Å². The van der Waals surface area contributed by atoms with Gasteiger partial charge in [-0.05, 0) is 43.2 Å². The number of nitrogens with two attached hydrogens (primary N) is 2. The Morgan fingerprint density at radius 1 is 0.828 bits per heavy atom. The molecule has 0 saturated carbocycles. The molecule has 19 nitrogen and oxygen atoms in total. The third-order valence-corrected chi connectivity index (χ3v) is 13.5. The van der Waals surface area contributed by atoms with Crippen LogP contribution in [0.15, 0.2) is 74.6 Å². The number of carbonyl (C=O) groups is 5. The minimum Gasteiger partial charge on any atom is -0.508 e. The third-order valence-electron chi connectivity index (χ3n) is 9.88. The Balaban J connectivity index is 1.09. The zero-order valence-corrected chi connectivity index (χ0v) is 36.6. The first-order valence-corrected chi connectivity index (χ1v) is 22.6. The lowest BCUT2D eigenvalue weighted by Gasteiger charge is -2.27. The van der Waals surface area contributed by atoms with Crippen molar-refractivity contribution in [2.45, 2.75) is 44.8 Å². The molecule has 0 fully saturated rings. The van der Waals surface area contributed by atoms with Crippen LogP contribution in [-0.4, -0.2) is 85.8 Å². The minimum atomic E-state index is -1.28. The van der Waals surface area contributed by atoms with Gasteiger partial charge in [-0.2, -0.15) is 0 Å². The number of nitrogens with zero attached hydrogens (tertiary/aromatic N) is 7. The molecule has 23 heteroatoms. The predicted octanol–water partition coefficient (Wildman–Crippen LogP) is 5.92. The zero-order valence-electron chi connectivity index (χ0n) is 33.4. The number of rotatable bonds is 15. The fraction of sp³-hybridized carbons (Fsp3) is 0.195. The number of carboxylic acid groups (broad SMARTS) is 2. The van der Waals surface area contributed by atoms with E-state index < -0.39 is 41.9 Å². The molecule has 8 rings (SSSR count). The maximum Gasteiger partial charge on any atom is 0.355 e. The molecule has 7 aromatic rings. The van der Waals surface area contributed by atoms with Crippen molar-refractivity contribution < 1.29 is 43.7 Å². The van der Waals surface area contributed by atoms with Crippen LogP contribution >= 0.6 is 45.3 Å². The van der Waals surface area contributed by atoms with Crippen LogP contribution in [0, 0.1) is 12.8 Å². The van der Waals surface area contributed by atoms with E-state index in [0.29, 0.717) is 37.7 Å². The first-order chi connectivity index (χ1) is 30.6. The van der Waals surface area contributed by atoms with Gasteiger partial charge in [-0.25, -0.2) is 39.5 Å². The summed E-state index contributed by atoms with van der Waals surface area (Å²) in [6, 6.07) is 7.47. The van der Waals surface area contributed by atoms with Crippen molar-refractivity contribution in [3.8, 4) is 50.0 Å². The van der Waals surface area contributed by atoms with Crippen molar-refractivity contribution in [1.82, 2.24) is 40.1 Å². The molecule has 64 heavy (non-hydrogen) atoms. The van der Waals surface area contributed by atoms with Gasteiger partial charge < -0.3 is 41.4 Å². The van der Waals surface area contributed by atoms with E-state index in [9.17, 15) is 39.3 Å². The van der Waals surface area contributed by atoms with Gasteiger partial charge in [0, 0.05) is 33.6 Å². The van der Waals surface area contributed by atoms with Gasteiger partial charge >= 0.3 is 11.9 Å². The van der Waals surface area contributed by atoms with E-state index in [4.69, 9.17) is 30.8 Å².